The van der Waals surface area contributed by atoms with Gasteiger partial charge >= 0.3 is 0 Å². The SMILES string of the molecule is C.C.C.Cl.Cl.FCCCBr.Oc1ccc2c(c1)[C@H]1OCCN(CCCF)[C@@H]1CC2.Oc1ccc2c(c1)[C@H]1OCCN[C@@H]1CC2. The Hall–Kier alpha value is -1.20. The van der Waals surface area contributed by atoms with E-state index in [0.717, 1.165) is 62.8 Å². The molecule has 0 aromatic heterocycles. The summed E-state index contributed by atoms with van der Waals surface area (Å²) in [6.07, 6.45) is 5.66. The van der Waals surface area contributed by atoms with Crippen molar-refractivity contribution in [1.29, 1.82) is 0 Å². The fourth-order valence-corrected chi connectivity index (χ4v) is 6.18. The lowest BCUT2D eigenvalue weighted by atomic mass is 9.84. The Morgan fingerprint density at radius 2 is 1.39 bits per heavy atom. The Kier molecular flexibility index (Phi) is 23.7. The van der Waals surface area contributed by atoms with Gasteiger partial charge in [-0.15, -0.1) is 24.8 Å². The molecule has 0 unspecified atom stereocenters. The molecule has 6 rings (SSSR count). The highest BCUT2D eigenvalue weighted by atomic mass is 79.9. The third-order valence-corrected chi connectivity index (χ3v) is 8.38. The monoisotopic (exact) mass is 730 g/mol. The average molecular weight is 733 g/mol. The molecule has 4 aliphatic rings. The summed E-state index contributed by atoms with van der Waals surface area (Å²) in [5.74, 6) is 0.632. The van der Waals surface area contributed by atoms with E-state index in [1.54, 1.807) is 12.1 Å². The largest absolute Gasteiger partial charge is 0.508 e. The van der Waals surface area contributed by atoms with Gasteiger partial charge in [-0.25, -0.2) is 0 Å². The van der Waals surface area contributed by atoms with Crippen molar-refractivity contribution in [2.75, 3.05) is 51.5 Å². The molecule has 6 nitrogen and oxygen atoms in total. The second-order valence-corrected chi connectivity index (χ2v) is 11.2. The van der Waals surface area contributed by atoms with E-state index >= 15 is 0 Å². The van der Waals surface area contributed by atoms with Crippen molar-refractivity contribution in [3.8, 4) is 11.5 Å². The second-order valence-electron chi connectivity index (χ2n) is 10.4. The average Bonchev–Trinajstić information content (AvgIpc) is 2.97. The zero-order chi connectivity index (χ0) is 27.6. The van der Waals surface area contributed by atoms with Gasteiger partial charge in [0.25, 0.3) is 0 Å². The number of hydrogen-bond donors (Lipinski definition) is 3. The molecule has 2 fully saturated rings. The zero-order valence-electron chi connectivity index (χ0n) is 23.3. The number of benzene rings is 2. The van der Waals surface area contributed by atoms with Crippen molar-refractivity contribution in [3.05, 3.63) is 58.7 Å². The van der Waals surface area contributed by atoms with Crippen molar-refractivity contribution >= 4 is 40.7 Å². The van der Waals surface area contributed by atoms with Gasteiger partial charge in [-0.3, -0.25) is 13.7 Å². The summed E-state index contributed by atoms with van der Waals surface area (Å²) in [6.45, 7) is 3.61. The van der Waals surface area contributed by atoms with Gasteiger partial charge in [-0.05, 0) is 85.0 Å². The first-order chi connectivity index (χ1) is 19.0. The number of aromatic hydroxyl groups is 2. The second kappa shape index (κ2) is 23.2. The Morgan fingerprint density at radius 3 is 1.95 bits per heavy atom. The number of halogens is 5. The van der Waals surface area contributed by atoms with Crippen molar-refractivity contribution in [2.45, 2.75) is 85.1 Å². The number of aryl methyl sites for hydroxylation is 2. The van der Waals surface area contributed by atoms with Gasteiger partial charge in [-0.1, -0.05) is 50.3 Å². The molecule has 0 radical (unpaired) electrons. The first kappa shape index (κ1) is 44.9. The molecule has 44 heavy (non-hydrogen) atoms. The normalized spacial score (nSPS) is 22.5. The number of nitrogens with one attached hydrogen (secondary N) is 1. The van der Waals surface area contributed by atoms with Crippen LogP contribution in [0, 0.1) is 0 Å². The van der Waals surface area contributed by atoms with Crippen LogP contribution in [-0.2, 0) is 22.3 Å². The quantitative estimate of drug-likeness (QED) is 0.269. The molecule has 4 atom stereocenters. The number of ether oxygens (including phenoxy) is 2. The molecule has 0 amide bonds. The first-order valence-corrected chi connectivity index (χ1v) is 15.2. The van der Waals surface area contributed by atoms with Crippen molar-refractivity contribution in [1.82, 2.24) is 10.2 Å². The van der Waals surface area contributed by atoms with Crippen LogP contribution in [0.25, 0.3) is 0 Å². The van der Waals surface area contributed by atoms with E-state index in [4.69, 9.17) is 9.47 Å². The van der Waals surface area contributed by atoms with Crippen LogP contribution in [0.4, 0.5) is 8.78 Å². The van der Waals surface area contributed by atoms with Crippen LogP contribution in [0.1, 0.15) is 82.4 Å². The van der Waals surface area contributed by atoms with Crippen LogP contribution >= 0.6 is 40.7 Å². The Morgan fingerprint density at radius 1 is 0.818 bits per heavy atom. The highest BCUT2D eigenvalue weighted by molar-refractivity contribution is 9.09. The summed E-state index contributed by atoms with van der Waals surface area (Å²) in [7, 11) is 0. The smallest absolute Gasteiger partial charge is 0.115 e. The van der Waals surface area contributed by atoms with Crippen LogP contribution in [0.2, 0.25) is 0 Å². The number of rotatable bonds is 5. The summed E-state index contributed by atoms with van der Waals surface area (Å²) in [5.41, 5.74) is 4.86. The summed E-state index contributed by atoms with van der Waals surface area (Å²) in [4.78, 5) is 2.35. The highest BCUT2D eigenvalue weighted by Crippen LogP contribution is 2.39. The summed E-state index contributed by atoms with van der Waals surface area (Å²) >= 11 is 3.07. The van der Waals surface area contributed by atoms with Gasteiger partial charge in [0.15, 0.2) is 0 Å². The molecule has 2 aromatic rings. The number of phenolic OH excluding ortho intramolecular Hbond substituents is 2. The third-order valence-electron chi connectivity index (χ3n) is 7.82. The Bertz CT molecular complexity index is 1060. The lowest BCUT2D eigenvalue weighted by Gasteiger charge is -2.44. The minimum atomic E-state index is -0.258. The van der Waals surface area contributed by atoms with Crippen molar-refractivity contribution < 1.29 is 28.5 Å². The predicted molar refractivity (Wildman–Crippen MR) is 187 cm³/mol. The van der Waals surface area contributed by atoms with Gasteiger partial charge in [0.2, 0.25) is 0 Å². The van der Waals surface area contributed by atoms with Crippen LogP contribution < -0.4 is 5.32 Å². The van der Waals surface area contributed by atoms with E-state index in [2.05, 4.69) is 26.1 Å². The molecule has 0 spiro atoms. The minimum Gasteiger partial charge on any atom is -0.508 e. The maximum Gasteiger partial charge on any atom is 0.115 e. The van der Waals surface area contributed by atoms with Crippen LogP contribution in [0.5, 0.6) is 11.5 Å². The molecular weight excluding hydrogens is 677 g/mol. The molecule has 256 valence electrons. The first-order valence-electron chi connectivity index (χ1n) is 14.1. The van der Waals surface area contributed by atoms with Gasteiger partial charge < -0.3 is 25.0 Å². The number of nitrogens with zero attached hydrogens (tertiary/aromatic N) is 1. The summed E-state index contributed by atoms with van der Waals surface area (Å²) < 4.78 is 35.1. The van der Waals surface area contributed by atoms with E-state index in [0.29, 0.717) is 43.0 Å². The van der Waals surface area contributed by atoms with E-state index in [-0.39, 0.29) is 72.7 Å². The molecule has 2 saturated heterocycles. The Labute approximate surface area is 285 Å². The fourth-order valence-electron chi connectivity index (χ4n) is 5.96. The standard InChI is InChI=1S/C15H20FNO2.C12H15NO2.C3H6BrF.3CH4.2ClH/c16-6-1-7-17-8-9-19-15-13-10-12(18)4-2-11(13)3-5-14(15)17;14-9-3-1-8-2-4-11-12(10(8)7-9)15-6-5-13-11;4-2-1-3-5;;;;;/h2,4,10,14-15,18H,1,3,5-9H2;1,3,7,11-14H,2,4-6H2;1-3H2;3*1H4;2*1H/t14-,15-;11-,12-;;;;;;/m11....../s1. The number of morpholine rings is 2. The summed E-state index contributed by atoms with van der Waals surface area (Å²) in [5, 5.41) is 23.4. The van der Waals surface area contributed by atoms with E-state index in [1.165, 1.54) is 16.7 Å². The van der Waals surface area contributed by atoms with E-state index in [9.17, 15) is 19.0 Å². The molecule has 0 saturated carbocycles. The van der Waals surface area contributed by atoms with E-state index in [1.807, 2.05) is 24.3 Å². The summed E-state index contributed by atoms with van der Waals surface area (Å²) in [6, 6.07) is 11.9. The lowest BCUT2D eigenvalue weighted by Crippen LogP contribution is -2.49. The van der Waals surface area contributed by atoms with Crippen LogP contribution in [-0.4, -0.2) is 78.7 Å². The molecule has 3 N–H and O–H groups in total. The lowest BCUT2D eigenvalue weighted by molar-refractivity contribution is -0.0808. The van der Waals surface area contributed by atoms with Crippen molar-refractivity contribution in [3.63, 3.8) is 0 Å². The zero-order valence-corrected chi connectivity index (χ0v) is 26.5. The topological polar surface area (TPSA) is 74.2 Å². The molecule has 2 heterocycles. The number of phenols is 2. The number of hydrogen-bond acceptors (Lipinski definition) is 6. The maximum absolute atomic E-state index is 12.4. The predicted octanol–water partition coefficient (Wildman–Crippen LogP) is 8.30. The van der Waals surface area contributed by atoms with Crippen LogP contribution in [0.15, 0.2) is 36.4 Å². The van der Waals surface area contributed by atoms with Gasteiger partial charge in [0.1, 0.15) is 11.5 Å². The van der Waals surface area contributed by atoms with Crippen LogP contribution in [0.3, 0.4) is 0 Å². The third kappa shape index (κ3) is 11.9. The maximum atomic E-state index is 12.4. The molecule has 11 heteroatoms. The minimum absolute atomic E-state index is 0. The number of alkyl halides is 3. The molecule has 2 aromatic carbocycles. The molecular formula is C33H55BrCl2F2N2O4. The Balaban J connectivity index is 0. The fraction of sp³-hybridized carbons (Fsp3) is 0.636. The highest BCUT2D eigenvalue weighted by Gasteiger charge is 2.37. The molecule has 0 bridgehead atoms. The van der Waals surface area contributed by atoms with Gasteiger partial charge in [0, 0.05) is 37.0 Å². The van der Waals surface area contributed by atoms with Gasteiger partial charge in [-0.2, -0.15) is 0 Å². The number of fused-ring (bicyclic) bond motifs is 6. The van der Waals surface area contributed by atoms with Gasteiger partial charge in [0.05, 0.1) is 38.8 Å². The van der Waals surface area contributed by atoms with Crippen molar-refractivity contribution in [2.24, 2.45) is 0 Å². The van der Waals surface area contributed by atoms with E-state index < -0.39 is 0 Å². The molecule has 2 aliphatic heterocycles. The molecule has 2 aliphatic carbocycles.